The van der Waals surface area contributed by atoms with Crippen molar-refractivity contribution in [3.63, 3.8) is 0 Å². The van der Waals surface area contributed by atoms with Crippen LogP contribution < -0.4 is 5.32 Å². The predicted octanol–water partition coefficient (Wildman–Crippen LogP) is 2.68. The summed E-state index contributed by atoms with van der Waals surface area (Å²) in [6.45, 7) is 0. The van der Waals surface area contributed by atoms with E-state index < -0.39 is 17.6 Å². The van der Waals surface area contributed by atoms with Gasteiger partial charge in [0.25, 0.3) is 5.91 Å². The van der Waals surface area contributed by atoms with Crippen molar-refractivity contribution >= 4 is 11.6 Å². The highest BCUT2D eigenvalue weighted by Crippen LogP contribution is 2.29. The Balaban J connectivity index is 2.18. The van der Waals surface area contributed by atoms with Crippen LogP contribution in [0.4, 0.5) is 18.9 Å². The summed E-state index contributed by atoms with van der Waals surface area (Å²) in [5, 5.41) is 2.32. The number of pyridine rings is 1. The zero-order valence-electron chi connectivity index (χ0n) is 8.95. The quantitative estimate of drug-likeness (QED) is 0.866. The van der Waals surface area contributed by atoms with Gasteiger partial charge in [-0.25, -0.2) is 0 Å². The SMILES string of the molecule is O=C(Nc1cncc(C(F)(F)F)c1)c1ccc[nH]1. The lowest BCUT2D eigenvalue weighted by Crippen LogP contribution is -2.13. The topological polar surface area (TPSA) is 57.8 Å². The Hall–Kier alpha value is -2.31. The normalized spacial score (nSPS) is 11.3. The largest absolute Gasteiger partial charge is 0.417 e. The van der Waals surface area contributed by atoms with Crippen molar-refractivity contribution in [3.05, 3.63) is 48.0 Å². The van der Waals surface area contributed by atoms with E-state index in [0.29, 0.717) is 6.20 Å². The lowest BCUT2D eigenvalue weighted by molar-refractivity contribution is -0.137. The molecule has 2 N–H and O–H groups in total. The molecule has 0 aliphatic rings. The molecule has 0 fully saturated rings. The van der Waals surface area contributed by atoms with E-state index in [0.717, 1.165) is 12.3 Å². The van der Waals surface area contributed by atoms with E-state index in [1.54, 1.807) is 12.3 Å². The summed E-state index contributed by atoms with van der Waals surface area (Å²) in [6.07, 6.45) is -1.10. The minimum Gasteiger partial charge on any atom is -0.357 e. The average molecular weight is 255 g/mol. The van der Waals surface area contributed by atoms with Crippen LogP contribution in [0, 0.1) is 0 Å². The number of aromatic nitrogens is 2. The van der Waals surface area contributed by atoms with Gasteiger partial charge in [0.2, 0.25) is 0 Å². The Morgan fingerprint density at radius 1 is 1.33 bits per heavy atom. The molecule has 0 saturated carbocycles. The smallest absolute Gasteiger partial charge is 0.357 e. The highest BCUT2D eigenvalue weighted by atomic mass is 19.4. The van der Waals surface area contributed by atoms with Crippen molar-refractivity contribution < 1.29 is 18.0 Å². The summed E-state index contributed by atoms with van der Waals surface area (Å²) in [5.74, 6) is -0.527. The van der Waals surface area contributed by atoms with Gasteiger partial charge in [-0.2, -0.15) is 13.2 Å². The number of nitrogens with zero attached hydrogens (tertiary/aromatic N) is 1. The Bertz CT molecular complexity index is 549. The number of carbonyl (C=O) groups is 1. The number of nitrogens with one attached hydrogen (secondary N) is 2. The van der Waals surface area contributed by atoms with Crippen LogP contribution in [0.15, 0.2) is 36.8 Å². The maximum atomic E-state index is 12.4. The number of rotatable bonds is 2. The van der Waals surface area contributed by atoms with E-state index in [4.69, 9.17) is 0 Å². The Morgan fingerprint density at radius 3 is 2.72 bits per heavy atom. The molecular weight excluding hydrogens is 247 g/mol. The Kier molecular flexibility index (Phi) is 3.05. The third-order valence-corrected chi connectivity index (χ3v) is 2.17. The fourth-order valence-corrected chi connectivity index (χ4v) is 1.33. The number of carbonyl (C=O) groups excluding carboxylic acids is 1. The predicted molar refractivity (Wildman–Crippen MR) is 58.0 cm³/mol. The van der Waals surface area contributed by atoms with Crippen LogP contribution in [-0.4, -0.2) is 15.9 Å². The molecule has 1 amide bonds. The van der Waals surface area contributed by atoms with Crippen molar-refractivity contribution in [3.8, 4) is 0 Å². The first kappa shape index (κ1) is 12.2. The van der Waals surface area contributed by atoms with Gasteiger partial charge in [-0.3, -0.25) is 9.78 Å². The molecule has 2 rings (SSSR count). The van der Waals surface area contributed by atoms with Gasteiger partial charge in [0.1, 0.15) is 5.69 Å². The van der Waals surface area contributed by atoms with E-state index in [9.17, 15) is 18.0 Å². The zero-order chi connectivity index (χ0) is 13.2. The second-order valence-electron chi connectivity index (χ2n) is 3.50. The van der Waals surface area contributed by atoms with Crippen molar-refractivity contribution in [2.24, 2.45) is 0 Å². The number of alkyl halides is 3. The molecule has 0 saturated heterocycles. The van der Waals surface area contributed by atoms with Gasteiger partial charge >= 0.3 is 6.18 Å². The van der Waals surface area contributed by atoms with Crippen molar-refractivity contribution in [1.82, 2.24) is 9.97 Å². The summed E-state index contributed by atoms with van der Waals surface area (Å²) in [4.78, 5) is 17.7. The van der Waals surface area contributed by atoms with E-state index in [2.05, 4.69) is 15.3 Å². The first-order valence-corrected chi connectivity index (χ1v) is 4.94. The zero-order valence-corrected chi connectivity index (χ0v) is 8.95. The van der Waals surface area contributed by atoms with E-state index in [1.165, 1.54) is 6.07 Å². The molecule has 0 unspecified atom stereocenters. The van der Waals surface area contributed by atoms with Crippen LogP contribution in [-0.2, 0) is 6.18 Å². The molecule has 4 nitrogen and oxygen atoms in total. The first-order valence-electron chi connectivity index (χ1n) is 4.94. The molecule has 0 bridgehead atoms. The first-order chi connectivity index (χ1) is 8.47. The van der Waals surface area contributed by atoms with E-state index in [1.807, 2.05) is 0 Å². The number of aromatic amines is 1. The third kappa shape index (κ3) is 2.68. The van der Waals surface area contributed by atoms with Gasteiger partial charge < -0.3 is 10.3 Å². The fraction of sp³-hybridized carbons (Fsp3) is 0.0909. The van der Waals surface area contributed by atoms with Crippen LogP contribution >= 0.6 is 0 Å². The minimum absolute atomic E-state index is 0.00979. The summed E-state index contributed by atoms with van der Waals surface area (Å²) >= 11 is 0. The molecule has 7 heteroatoms. The summed E-state index contributed by atoms with van der Waals surface area (Å²) < 4.78 is 37.3. The summed E-state index contributed by atoms with van der Waals surface area (Å²) in [7, 11) is 0. The van der Waals surface area contributed by atoms with Gasteiger partial charge in [0.15, 0.2) is 0 Å². The highest BCUT2D eigenvalue weighted by Gasteiger charge is 2.31. The third-order valence-electron chi connectivity index (χ3n) is 2.17. The molecule has 2 aromatic rings. The van der Waals surface area contributed by atoms with Crippen LogP contribution in [0.3, 0.4) is 0 Å². The molecule has 0 aromatic carbocycles. The fourth-order valence-electron chi connectivity index (χ4n) is 1.33. The van der Waals surface area contributed by atoms with Crippen molar-refractivity contribution in [1.29, 1.82) is 0 Å². The second kappa shape index (κ2) is 4.52. The molecule has 94 valence electrons. The van der Waals surface area contributed by atoms with Crippen molar-refractivity contribution in [2.45, 2.75) is 6.18 Å². The number of anilines is 1. The van der Waals surface area contributed by atoms with E-state index >= 15 is 0 Å². The van der Waals surface area contributed by atoms with E-state index in [-0.39, 0.29) is 11.4 Å². The Labute approximate surface area is 99.9 Å². The van der Waals surface area contributed by atoms with Crippen LogP contribution in [0.2, 0.25) is 0 Å². The van der Waals surface area contributed by atoms with Crippen molar-refractivity contribution in [2.75, 3.05) is 5.32 Å². The maximum Gasteiger partial charge on any atom is 0.417 e. The average Bonchev–Trinajstić information content (AvgIpc) is 2.81. The molecule has 0 aliphatic heterocycles. The lowest BCUT2D eigenvalue weighted by atomic mass is 10.2. The number of hydrogen-bond acceptors (Lipinski definition) is 2. The van der Waals surface area contributed by atoms with Crippen LogP contribution in [0.25, 0.3) is 0 Å². The molecule has 0 aliphatic carbocycles. The molecular formula is C11H8F3N3O. The standard InChI is InChI=1S/C11H8F3N3O/c12-11(13,14)7-4-8(6-15-5-7)17-10(18)9-2-1-3-16-9/h1-6,16H,(H,17,18). The summed E-state index contributed by atoms with van der Waals surface area (Å²) in [6, 6.07) is 3.95. The number of hydrogen-bond donors (Lipinski definition) is 2. The minimum atomic E-state index is -4.49. The Morgan fingerprint density at radius 2 is 2.11 bits per heavy atom. The molecule has 2 aromatic heterocycles. The lowest BCUT2D eigenvalue weighted by Gasteiger charge is -2.08. The van der Waals surface area contributed by atoms with Crippen LogP contribution in [0.5, 0.6) is 0 Å². The van der Waals surface area contributed by atoms with Gasteiger partial charge in [-0.15, -0.1) is 0 Å². The number of halogens is 3. The highest BCUT2D eigenvalue weighted by molar-refractivity contribution is 6.02. The molecule has 0 spiro atoms. The molecule has 0 atom stereocenters. The maximum absolute atomic E-state index is 12.4. The molecule has 18 heavy (non-hydrogen) atoms. The molecule has 0 radical (unpaired) electrons. The number of amides is 1. The van der Waals surface area contributed by atoms with Crippen LogP contribution in [0.1, 0.15) is 16.1 Å². The van der Waals surface area contributed by atoms with Gasteiger partial charge in [0, 0.05) is 12.4 Å². The second-order valence-corrected chi connectivity index (χ2v) is 3.50. The van der Waals surface area contributed by atoms with Gasteiger partial charge in [-0.05, 0) is 18.2 Å². The summed E-state index contributed by atoms with van der Waals surface area (Å²) in [5.41, 5.74) is -0.663. The van der Waals surface area contributed by atoms with Gasteiger partial charge in [0.05, 0.1) is 17.4 Å². The number of H-pyrrole nitrogens is 1. The monoisotopic (exact) mass is 255 g/mol. The molecule has 2 heterocycles. The van der Waals surface area contributed by atoms with Gasteiger partial charge in [-0.1, -0.05) is 0 Å².